The molecule has 7 heteroatoms. The van der Waals surface area contributed by atoms with E-state index in [9.17, 15) is 9.36 Å². The van der Waals surface area contributed by atoms with Crippen molar-refractivity contribution >= 4 is 13.8 Å². The molecule has 0 rings (SSSR count). The topological polar surface area (TPSA) is 93.1 Å². The summed E-state index contributed by atoms with van der Waals surface area (Å²) in [6, 6.07) is 0. The minimum Gasteiger partial charge on any atom is -0.480 e. The van der Waals surface area contributed by atoms with Crippen LogP contribution >= 0.6 is 7.82 Å². The molecule has 0 aromatic heterocycles. The molecule has 12 heavy (non-hydrogen) atoms. The second kappa shape index (κ2) is 5.27. The first kappa shape index (κ1) is 11.6. The third kappa shape index (κ3) is 6.30. The van der Waals surface area contributed by atoms with Crippen LogP contribution in [0, 0.1) is 0 Å². The Labute approximate surface area is 69.7 Å². The maximum absolute atomic E-state index is 10.7. The minimum absolute atomic E-state index is 0.0629. The van der Waals surface area contributed by atoms with Gasteiger partial charge in [-0.3, -0.25) is 9.05 Å². The quantitative estimate of drug-likeness (QED) is 0.607. The highest BCUT2D eigenvalue weighted by Crippen LogP contribution is 2.42. The van der Waals surface area contributed by atoms with Crippen LogP contribution in [0.5, 0.6) is 0 Å². The average molecular weight is 198 g/mol. The Bertz CT molecular complexity index is 190. The zero-order chi connectivity index (χ0) is 9.61. The SMILES string of the molecule is CCCOP(=O)(O)OCC(=O)O. The molecule has 0 aliphatic rings. The van der Waals surface area contributed by atoms with Crippen molar-refractivity contribution in [3.63, 3.8) is 0 Å². The van der Waals surface area contributed by atoms with Gasteiger partial charge in [-0.2, -0.15) is 0 Å². The van der Waals surface area contributed by atoms with Gasteiger partial charge < -0.3 is 10.00 Å². The van der Waals surface area contributed by atoms with Crippen molar-refractivity contribution in [2.45, 2.75) is 13.3 Å². The molecule has 0 radical (unpaired) electrons. The molecule has 0 fully saturated rings. The lowest BCUT2D eigenvalue weighted by atomic mass is 10.5. The van der Waals surface area contributed by atoms with Crippen LogP contribution in [0.1, 0.15) is 13.3 Å². The van der Waals surface area contributed by atoms with Gasteiger partial charge in [0.1, 0.15) is 0 Å². The largest absolute Gasteiger partial charge is 0.480 e. The molecule has 0 saturated heterocycles. The molecule has 0 bridgehead atoms. The third-order valence-electron chi connectivity index (χ3n) is 0.810. The lowest BCUT2D eigenvalue weighted by Crippen LogP contribution is -2.06. The van der Waals surface area contributed by atoms with Crippen LogP contribution in [0.2, 0.25) is 0 Å². The fourth-order valence-corrected chi connectivity index (χ4v) is 1.14. The standard InChI is InChI=1S/C5H11O6P/c1-2-3-10-12(8,9)11-4-5(6)7/h2-4H2,1H3,(H,6,7)(H,8,9). The Morgan fingerprint density at radius 3 is 2.50 bits per heavy atom. The van der Waals surface area contributed by atoms with Crippen molar-refractivity contribution in [2.24, 2.45) is 0 Å². The second-order valence-corrected chi connectivity index (χ2v) is 3.42. The number of phosphoric ester groups is 1. The zero-order valence-electron chi connectivity index (χ0n) is 6.60. The number of hydrogen-bond donors (Lipinski definition) is 2. The minimum atomic E-state index is -4.14. The van der Waals surface area contributed by atoms with Crippen LogP contribution in [0.4, 0.5) is 0 Å². The van der Waals surface area contributed by atoms with Crippen LogP contribution in [0.15, 0.2) is 0 Å². The predicted octanol–water partition coefficient (Wildman–Crippen LogP) is 0.615. The fraction of sp³-hybridized carbons (Fsp3) is 0.800. The molecular weight excluding hydrogens is 187 g/mol. The van der Waals surface area contributed by atoms with E-state index in [1.807, 2.05) is 0 Å². The Balaban J connectivity index is 3.71. The Hall–Kier alpha value is -0.420. The first-order chi connectivity index (χ1) is 5.48. The van der Waals surface area contributed by atoms with Crippen LogP contribution < -0.4 is 0 Å². The molecule has 0 aliphatic heterocycles. The van der Waals surface area contributed by atoms with Crippen LogP contribution in [-0.4, -0.2) is 29.2 Å². The van der Waals surface area contributed by atoms with Gasteiger partial charge in [0.05, 0.1) is 6.61 Å². The number of aliphatic carboxylic acids is 1. The Morgan fingerprint density at radius 2 is 2.08 bits per heavy atom. The zero-order valence-corrected chi connectivity index (χ0v) is 7.49. The van der Waals surface area contributed by atoms with E-state index in [0.717, 1.165) is 0 Å². The van der Waals surface area contributed by atoms with Crippen LogP contribution in [0.3, 0.4) is 0 Å². The van der Waals surface area contributed by atoms with Gasteiger partial charge in [0.25, 0.3) is 0 Å². The van der Waals surface area contributed by atoms with Crippen molar-refractivity contribution in [3.8, 4) is 0 Å². The van der Waals surface area contributed by atoms with Crippen molar-refractivity contribution < 1.29 is 28.4 Å². The molecule has 72 valence electrons. The van der Waals surface area contributed by atoms with E-state index in [2.05, 4.69) is 9.05 Å². The van der Waals surface area contributed by atoms with Gasteiger partial charge in [0, 0.05) is 0 Å². The van der Waals surface area contributed by atoms with Crippen LogP contribution in [0.25, 0.3) is 0 Å². The molecule has 0 heterocycles. The molecule has 2 N–H and O–H groups in total. The van der Waals surface area contributed by atoms with Gasteiger partial charge in [-0.1, -0.05) is 6.92 Å². The molecule has 0 aromatic rings. The second-order valence-electron chi connectivity index (χ2n) is 1.97. The van der Waals surface area contributed by atoms with Crippen LogP contribution in [-0.2, 0) is 18.4 Å². The van der Waals surface area contributed by atoms with Gasteiger partial charge in [-0.05, 0) is 6.42 Å². The van der Waals surface area contributed by atoms with E-state index in [1.54, 1.807) is 6.92 Å². The van der Waals surface area contributed by atoms with Gasteiger partial charge in [0.2, 0.25) is 0 Å². The smallest absolute Gasteiger partial charge is 0.472 e. The molecule has 0 aliphatic carbocycles. The molecular formula is C5H11O6P. The monoisotopic (exact) mass is 198 g/mol. The van der Waals surface area contributed by atoms with Gasteiger partial charge in [0.15, 0.2) is 6.61 Å². The number of phosphoric acid groups is 1. The lowest BCUT2D eigenvalue weighted by Gasteiger charge is -2.09. The van der Waals surface area contributed by atoms with Crippen molar-refractivity contribution in [3.05, 3.63) is 0 Å². The maximum atomic E-state index is 10.7. The van der Waals surface area contributed by atoms with E-state index in [4.69, 9.17) is 10.00 Å². The van der Waals surface area contributed by atoms with E-state index >= 15 is 0 Å². The Morgan fingerprint density at radius 1 is 1.50 bits per heavy atom. The average Bonchev–Trinajstić information content (AvgIpc) is 1.98. The molecule has 0 saturated carbocycles. The summed E-state index contributed by atoms with van der Waals surface area (Å²) in [7, 11) is -4.14. The highest BCUT2D eigenvalue weighted by molar-refractivity contribution is 7.47. The van der Waals surface area contributed by atoms with E-state index in [1.165, 1.54) is 0 Å². The molecule has 0 spiro atoms. The normalized spacial score (nSPS) is 15.5. The predicted molar refractivity (Wildman–Crippen MR) is 39.7 cm³/mol. The molecule has 1 atom stereocenters. The number of carbonyl (C=O) groups is 1. The highest BCUT2D eigenvalue weighted by atomic mass is 31.2. The summed E-state index contributed by atoms with van der Waals surface area (Å²) < 4.78 is 19.2. The third-order valence-corrected chi connectivity index (χ3v) is 1.77. The highest BCUT2D eigenvalue weighted by Gasteiger charge is 2.21. The fourth-order valence-electron chi connectivity index (χ4n) is 0.381. The van der Waals surface area contributed by atoms with Crippen molar-refractivity contribution in [1.29, 1.82) is 0 Å². The number of carboxylic acids is 1. The summed E-state index contributed by atoms with van der Waals surface area (Å²) in [5, 5.41) is 8.09. The van der Waals surface area contributed by atoms with E-state index in [0.29, 0.717) is 6.42 Å². The number of carboxylic acid groups (broad SMARTS) is 1. The lowest BCUT2D eigenvalue weighted by molar-refractivity contribution is -0.139. The Kier molecular flexibility index (Phi) is 5.08. The van der Waals surface area contributed by atoms with Gasteiger partial charge in [-0.25, -0.2) is 9.36 Å². The molecule has 1 unspecified atom stereocenters. The summed E-state index contributed by atoms with van der Waals surface area (Å²) in [6.07, 6.45) is 0.557. The summed E-state index contributed by atoms with van der Waals surface area (Å²) >= 11 is 0. The van der Waals surface area contributed by atoms with E-state index < -0.39 is 20.4 Å². The summed E-state index contributed by atoms with van der Waals surface area (Å²) in [6.45, 7) is 0.974. The molecule has 0 aromatic carbocycles. The summed E-state index contributed by atoms with van der Waals surface area (Å²) in [4.78, 5) is 18.6. The molecule has 0 amide bonds. The number of rotatable bonds is 6. The van der Waals surface area contributed by atoms with Gasteiger partial charge >= 0.3 is 13.8 Å². The first-order valence-corrected chi connectivity index (χ1v) is 4.81. The molecule has 6 nitrogen and oxygen atoms in total. The van der Waals surface area contributed by atoms with Crippen molar-refractivity contribution in [1.82, 2.24) is 0 Å². The summed E-state index contributed by atoms with van der Waals surface area (Å²) in [5.74, 6) is -1.32. The first-order valence-electron chi connectivity index (χ1n) is 3.31. The van der Waals surface area contributed by atoms with Gasteiger partial charge in [-0.15, -0.1) is 0 Å². The van der Waals surface area contributed by atoms with E-state index in [-0.39, 0.29) is 6.61 Å². The van der Waals surface area contributed by atoms with Crippen molar-refractivity contribution in [2.75, 3.05) is 13.2 Å². The summed E-state index contributed by atoms with van der Waals surface area (Å²) in [5.41, 5.74) is 0. The number of hydrogen-bond acceptors (Lipinski definition) is 4. The maximum Gasteiger partial charge on any atom is 0.472 e.